The van der Waals surface area contributed by atoms with Crippen molar-refractivity contribution in [3.63, 3.8) is 0 Å². The smallest absolute Gasteiger partial charge is 0.238 e. The summed E-state index contributed by atoms with van der Waals surface area (Å²) in [5.41, 5.74) is 1.92. The molecule has 0 aliphatic heterocycles. The Bertz CT molecular complexity index is 567. The summed E-state index contributed by atoms with van der Waals surface area (Å²) < 4.78 is 5.08. The van der Waals surface area contributed by atoms with E-state index in [9.17, 15) is 4.79 Å². The molecule has 0 bridgehead atoms. The molecule has 4 heteroatoms. The van der Waals surface area contributed by atoms with Gasteiger partial charge in [-0.15, -0.1) is 0 Å². The van der Waals surface area contributed by atoms with Crippen LogP contribution in [0.2, 0.25) is 0 Å². The first kappa shape index (κ1) is 15.1. The van der Waals surface area contributed by atoms with Crippen LogP contribution in [-0.2, 0) is 4.79 Å². The van der Waals surface area contributed by atoms with Crippen LogP contribution in [0.1, 0.15) is 18.5 Å². The molecule has 0 aliphatic carbocycles. The van der Waals surface area contributed by atoms with Crippen molar-refractivity contribution in [3.05, 3.63) is 60.2 Å². The van der Waals surface area contributed by atoms with E-state index in [4.69, 9.17) is 4.74 Å². The van der Waals surface area contributed by atoms with Gasteiger partial charge in [0.1, 0.15) is 5.75 Å². The Balaban J connectivity index is 1.81. The molecule has 1 amide bonds. The van der Waals surface area contributed by atoms with Gasteiger partial charge < -0.3 is 15.4 Å². The van der Waals surface area contributed by atoms with Crippen molar-refractivity contribution in [1.82, 2.24) is 5.32 Å². The highest BCUT2D eigenvalue weighted by molar-refractivity contribution is 5.92. The van der Waals surface area contributed by atoms with E-state index in [2.05, 4.69) is 10.6 Å². The van der Waals surface area contributed by atoms with E-state index in [0.29, 0.717) is 0 Å². The molecule has 0 aromatic heterocycles. The van der Waals surface area contributed by atoms with Gasteiger partial charge in [0.2, 0.25) is 5.91 Å². The van der Waals surface area contributed by atoms with Crippen molar-refractivity contribution in [3.8, 4) is 5.75 Å². The van der Waals surface area contributed by atoms with E-state index in [-0.39, 0.29) is 18.5 Å². The molecule has 0 unspecified atom stereocenters. The molecule has 0 heterocycles. The van der Waals surface area contributed by atoms with Gasteiger partial charge in [-0.2, -0.15) is 0 Å². The zero-order chi connectivity index (χ0) is 15.1. The average Bonchev–Trinajstić information content (AvgIpc) is 2.54. The normalized spacial score (nSPS) is 11.7. The minimum absolute atomic E-state index is 0.0667. The molecule has 110 valence electrons. The topological polar surface area (TPSA) is 50.4 Å². The molecule has 1 atom stereocenters. The molecule has 0 spiro atoms. The molecule has 0 fully saturated rings. The fourth-order valence-electron chi connectivity index (χ4n) is 1.98. The SMILES string of the molecule is COc1ccc(NC(=O)CN[C@@H](C)c2ccccc2)cc1. The number of anilines is 1. The minimum atomic E-state index is -0.0667. The molecule has 2 aromatic rings. The fraction of sp³-hybridized carbons (Fsp3) is 0.235. The van der Waals surface area contributed by atoms with Gasteiger partial charge in [-0.3, -0.25) is 4.79 Å². The van der Waals surface area contributed by atoms with Gasteiger partial charge in [-0.1, -0.05) is 30.3 Å². The maximum atomic E-state index is 11.9. The Hall–Kier alpha value is -2.33. The maximum absolute atomic E-state index is 11.9. The van der Waals surface area contributed by atoms with Crippen LogP contribution >= 0.6 is 0 Å². The van der Waals surface area contributed by atoms with Crippen molar-refractivity contribution < 1.29 is 9.53 Å². The van der Waals surface area contributed by atoms with Crippen molar-refractivity contribution >= 4 is 11.6 Å². The van der Waals surface area contributed by atoms with E-state index in [1.165, 1.54) is 0 Å². The third-order valence-corrected chi connectivity index (χ3v) is 3.24. The first-order valence-electron chi connectivity index (χ1n) is 6.91. The van der Waals surface area contributed by atoms with Crippen LogP contribution in [-0.4, -0.2) is 19.6 Å². The van der Waals surface area contributed by atoms with Gasteiger partial charge in [0.05, 0.1) is 13.7 Å². The quantitative estimate of drug-likeness (QED) is 0.857. The van der Waals surface area contributed by atoms with Crippen LogP contribution in [0.5, 0.6) is 5.75 Å². The molecule has 0 aliphatic rings. The summed E-state index contributed by atoms with van der Waals surface area (Å²) in [5, 5.41) is 6.05. The van der Waals surface area contributed by atoms with Crippen molar-refractivity contribution in [2.24, 2.45) is 0 Å². The van der Waals surface area contributed by atoms with Crippen LogP contribution in [0.4, 0.5) is 5.69 Å². The third-order valence-electron chi connectivity index (χ3n) is 3.24. The number of methoxy groups -OCH3 is 1. The summed E-state index contributed by atoms with van der Waals surface area (Å²) in [6.07, 6.45) is 0. The van der Waals surface area contributed by atoms with Gasteiger partial charge in [0, 0.05) is 11.7 Å². The van der Waals surface area contributed by atoms with Crippen LogP contribution < -0.4 is 15.4 Å². The predicted molar refractivity (Wildman–Crippen MR) is 84.5 cm³/mol. The van der Waals surface area contributed by atoms with Gasteiger partial charge in [-0.25, -0.2) is 0 Å². The number of nitrogens with one attached hydrogen (secondary N) is 2. The lowest BCUT2D eigenvalue weighted by Crippen LogP contribution is -2.30. The molecule has 0 radical (unpaired) electrons. The van der Waals surface area contributed by atoms with E-state index < -0.39 is 0 Å². The van der Waals surface area contributed by atoms with Crippen molar-refractivity contribution in [2.75, 3.05) is 19.0 Å². The lowest BCUT2D eigenvalue weighted by Gasteiger charge is -2.14. The molecule has 0 saturated carbocycles. The second-order valence-electron chi connectivity index (χ2n) is 4.79. The zero-order valence-electron chi connectivity index (χ0n) is 12.3. The lowest BCUT2D eigenvalue weighted by atomic mass is 10.1. The van der Waals surface area contributed by atoms with Crippen LogP contribution in [0.25, 0.3) is 0 Å². The summed E-state index contributed by atoms with van der Waals surface area (Å²) >= 11 is 0. The second kappa shape index (κ2) is 7.45. The summed E-state index contributed by atoms with van der Waals surface area (Å²) in [5.74, 6) is 0.701. The molecule has 4 nitrogen and oxygen atoms in total. The lowest BCUT2D eigenvalue weighted by molar-refractivity contribution is -0.115. The van der Waals surface area contributed by atoms with Crippen molar-refractivity contribution in [2.45, 2.75) is 13.0 Å². The molecular weight excluding hydrogens is 264 g/mol. The number of hydrogen-bond donors (Lipinski definition) is 2. The van der Waals surface area contributed by atoms with E-state index in [1.54, 1.807) is 7.11 Å². The number of hydrogen-bond acceptors (Lipinski definition) is 3. The van der Waals surface area contributed by atoms with E-state index in [0.717, 1.165) is 17.0 Å². The summed E-state index contributed by atoms with van der Waals surface area (Å²) in [4.78, 5) is 11.9. The zero-order valence-corrected chi connectivity index (χ0v) is 12.3. The number of rotatable bonds is 6. The highest BCUT2D eigenvalue weighted by atomic mass is 16.5. The second-order valence-corrected chi connectivity index (χ2v) is 4.79. The number of benzene rings is 2. The van der Waals surface area contributed by atoms with Crippen LogP contribution in [0.3, 0.4) is 0 Å². The van der Waals surface area contributed by atoms with Crippen LogP contribution in [0, 0.1) is 0 Å². The van der Waals surface area contributed by atoms with Crippen molar-refractivity contribution in [1.29, 1.82) is 0 Å². The molecule has 21 heavy (non-hydrogen) atoms. The predicted octanol–water partition coefficient (Wildman–Crippen LogP) is 2.98. The standard InChI is InChI=1S/C17H20N2O2/c1-13(14-6-4-3-5-7-14)18-12-17(20)19-15-8-10-16(21-2)11-9-15/h3-11,13,18H,12H2,1-2H3,(H,19,20)/t13-/m0/s1. The molecule has 2 N–H and O–H groups in total. The number of carbonyl (C=O) groups excluding carboxylic acids is 1. The summed E-state index contributed by atoms with van der Waals surface area (Å²) in [6, 6.07) is 17.4. The van der Waals surface area contributed by atoms with Gasteiger partial charge in [0.25, 0.3) is 0 Å². The fourth-order valence-corrected chi connectivity index (χ4v) is 1.98. The number of carbonyl (C=O) groups is 1. The third kappa shape index (κ3) is 4.61. The summed E-state index contributed by atoms with van der Waals surface area (Å²) in [7, 11) is 1.61. The van der Waals surface area contributed by atoms with Gasteiger partial charge in [0.15, 0.2) is 0 Å². The van der Waals surface area contributed by atoms with E-state index in [1.807, 2.05) is 61.5 Å². The molecule has 2 aromatic carbocycles. The largest absolute Gasteiger partial charge is 0.497 e. The monoisotopic (exact) mass is 284 g/mol. The minimum Gasteiger partial charge on any atom is -0.497 e. The average molecular weight is 284 g/mol. The Morgan fingerprint density at radius 1 is 1.10 bits per heavy atom. The molecule has 2 rings (SSSR count). The Morgan fingerprint density at radius 3 is 2.38 bits per heavy atom. The highest BCUT2D eigenvalue weighted by Gasteiger charge is 2.07. The van der Waals surface area contributed by atoms with Gasteiger partial charge in [-0.05, 0) is 36.8 Å². The van der Waals surface area contributed by atoms with E-state index >= 15 is 0 Å². The Labute approximate surface area is 125 Å². The Kier molecular flexibility index (Phi) is 5.35. The Morgan fingerprint density at radius 2 is 1.76 bits per heavy atom. The number of amides is 1. The van der Waals surface area contributed by atoms with Crippen LogP contribution in [0.15, 0.2) is 54.6 Å². The molecule has 0 saturated heterocycles. The highest BCUT2D eigenvalue weighted by Crippen LogP contribution is 2.15. The summed E-state index contributed by atoms with van der Waals surface area (Å²) in [6.45, 7) is 2.30. The first-order chi connectivity index (χ1) is 10.2. The molecular formula is C17H20N2O2. The number of ether oxygens (including phenoxy) is 1. The van der Waals surface area contributed by atoms with Gasteiger partial charge >= 0.3 is 0 Å². The maximum Gasteiger partial charge on any atom is 0.238 e. The first-order valence-corrected chi connectivity index (χ1v) is 6.91.